The molecule has 2 aromatic rings. The molecular formula is C25H27ClN2O5. The van der Waals surface area contributed by atoms with E-state index in [0.29, 0.717) is 48.1 Å². The maximum absolute atomic E-state index is 13.1. The second-order valence-corrected chi connectivity index (χ2v) is 8.49. The molecule has 0 aliphatic carbocycles. The molecule has 1 N–H and O–H groups in total. The Morgan fingerprint density at radius 1 is 1.09 bits per heavy atom. The number of methoxy groups -OCH3 is 1. The van der Waals surface area contributed by atoms with E-state index < -0.39 is 17.7 Å². The van der Waals surface area contributed by atoms with Gasteiger partial charge < -0.3 is 19.5 Å². The third-order valence-electron chi connectivity index (χ3n) is 6.07. The van der Waals surface area contributed by atoms with E-state index in [-0.39, 0.29) is 11.3 Å². The van der Waals surface area contributed by atoms with Gasteiger partial charge in [-0.05, 0) is 36.8 Å². The number of likely N-dealkylation sites (tertiary alicyclic amines) is 1. The van der Waals surface area contributed by atoms with Gasteiger partial charge >= 0.3 is 0 Å². The van der Waals surface area contributed by atoms with Crippen LogP contribution in [0.15, 0.2) is 54.1 Å². The van der Waals surface area contributed by atoms with Gasteiger partial charge in [0, 0.05) is 42.3 Å². The van der Waals surface area contributed by atoms with Crippen LogP contribution in [0, 0.1) is 0 Å². The van der Waals surface area contributed by atoms with Gasteiger partial charge in [-0.2, -0.15) is 0 Å². The number of carbonyl (C=O) groups is 2. The summed E-state index contributed by atoms with van der Waals surface area (Å²) in [6.07, 6.45) is 0.694. The summed E-state index contributed by atoms with van der Waals surface area (Å²) in [5, 5.41) is 11.6. The molecule has 2 heterocycles. The summed E-state index contributed by atoms with van der Waals surface area (Å²) in [6, 6.07) is 13.0. The molecule has 2 saturated heterocycles. The van der Waals surface area contributed by atoms with E-state index in [1.807, 2.05) is 18.2 Å². The number of amides is 1. The van der Waals surface area contributed by atoms with Gasteiger partial charge in [0.1, 0.15) is 11.5 Å². The van der Waals surface area contributed by atoms with Crippen LogP contribution in [0.5, 0.6) is 5.75 Å². The molecule has 2 aromatic carbocycles. The van der Waals surface area contributed by atoms with E-state index in [9.17, 15) is 14.7 Å². The zero-order valence-corrected chi connectivity index (χ0v) is 19.3. The molecule has 2 aliphatic heterocycles. The average Bonchev–Trinajstić information content (AvgIpc) is 3.09. The third kappa shape index (κ3) is 4.90. The highest BCUT2D eigenvalue weighted by molar-refractivity contribution is 6.46. The number of aliphatic hydroxyl groups excluding tert-OH is 1. The number of ketones is 1. The summed E-state index contributed by atoms with van der Waals surface area (Å²) in [6.45, 7) is 4.28. The minimum Gasteiger partial charge on any atom is -0.507 e. The van der Waals surface area contributed by atoms with Gasteiger partial charge in [0.25, 0.3) is 11.7 Å². The number of para-hydroxylation sites is 1. The van der Waals surface area contributed by atoms with Crippen LogP contribution >= 0.6 is 11.6 Å². The maximum atomic E-state index is 13.1. The molecule has 174 valence electrons. The monoisotopic (exact) mass is 470 g/mol. The lowest BCUT2D eigenvalue weighted by Crippen LogP contribution is -2.39. The van der Waals surface area contributed by atoms with Crippen molar-refractivity contribution >= 4 is 29.1 Å². The van der Waals surface area contributed by atoms with Crippen molar-refractivity contribution in [3.8, 4) is 5.75 Å². The standard InChI is InChI=1S/C25H27ClN2O5/c1-32-20-6-3-2-5-19(20)22-21(23(29)17-7-9-18(26)10-8-17)24(30)25(31)28(22)12-4-11-27-13-15-33-16-14-27/h2-3,5-10,22,29H,4,11-16H2,1H3/b23-21+/t22-/m0/s1. The number of ether oxygens (including phenoxy) is 2. The van der Waals surface area contributed by atoms with Crippen molar-refractivity contribution < 1.29 is 24.2 Å². The van der Waals surface area contributed by atoms with E-state index in [1.54, 1.807) is 42.3 Å². The van der Waals surface area contributed by atoms with Gasteiger partial charge in [0.2, 0.25) is 0 Å². The maximum Gasteiger partial charge on any atom is 0.295 e. The molecule has 1 atom stereocenters. The number of Topliss-reactive ketones (excluding diaryl/α,β-unsaturated/α-hetero) is 1. The SMILES string of the molecule is COc1ccccc1[C@H]1/C(=C(\O)c2ccc(Cl)cc2)C(=O)C(=O)N1CCCN1CCOCC1. The molecule has 2 fully saturated rings. The Hall–Kier alpha value is -2.87. The van der Waals surface area contributed by atoms with Gasteiger partial charge in [-0.15, -0.1) is 0 Å². The number of aliphatic hydroxyl groups is 1. The summed E-state index contributed by atoms with van der Waals surface area (Å²) in [5.74, 6) is -1.01. The van der Waals surface area contributed by atoms with Crippen molar-refractivity contribution in [2.75, 3.05) is 46.5 Å². The second kappa shape index (κ2) is 10.4. The first kappa shape index (κ1) is 23.3. The van der Waals surface area contributed by atoms with Gasteiger partial charge in [-0.25, -0.2) is 0 Å². The van der Waals surface area contributed by atoms with E-state index in [1.165, 1.54) is 0 Å². The van der Waals surface area contributed by atoms with Crippen molar-refractivity contribution in [2.45, 2.75) is 12.5 Å². The van der Waals surface area contributed by atoms with Crippen LogP contribution in [-0.4, -0.2) is 73.1 Å². The Morgan fingerprint density at radius 2 is 1.79 bits per heavy atom. The fraction of sp³-hybridized carbons (Fsp3) is 0.360. The average molecular weight is 471 g/mol. The zero-order valence-electron chi connectivity index (χ0n) is 18.5. The fourth-order valence-corrected chi connectivity index (χ4v) is 4.50. The third-order valence-corrected chi connectivity index (χ3v) is 6.32. The summed E-state index contributed by atoms with van der Waals surface area (Å²) < 4.78 is 10.9. The molecule has 0 spiro atoms. The van der Waals surface area contributed by atoms with Crippen molar-refractivity contribution in [1.29, 1.82) is 0 Å². The number of hydrogen-bond donors (Lipinski definition) is 1. The highest BCUT2D eigenvalue weighted by atomic mass is 35.5. The molecule has 0 radical (unpaired) electrons. The first-order chi connectivity index (χ1) is 16.0. The lowest BCUT2D eigenvalue weighted by atomic mass is 9.94. The normalized spacial score (nSPS) is 20.9. The van der Waals surface area contributed by atoms with Gasteiger partial charge in [-0.1, -0.05) is 29.8 Å². The quantitative estimate of drug-likeness (QED) is 0.379. The van der Waals surface area contributed by atoms with Crippen molar-refractivity contribution in [3.05, 3.63) is 70.3 Å². The number of hydrogen-bond acceptors (Lipinski definition) is 6. The van der Waals surface area contributed by atoms with Crippen LogP contribution in [0.3, 0.4) is 0 Å². The fourth-order valence-electron chi connectivity index (χ4n) is 4.38. The highest BCUT2D eigenvalue weighted by Crippen LogP contribution is 2.42. The van der Waals surface area contributed by atoms with Gasteiger partial charge in [0.05, 0.1) is 31.9 Å². The van der Waals surface area contributed by atoms with Crippen LogP contribution in [0.1, 0.15) is 23.6 Å². The van der Waals surface area contributed by atoms with Crippen molar-refractivity contribution in [2.24, 2.45) is 0 Å². The number of halogens is 1. The van der Waals surface area contributed by atoms with Crippen molar-refractivity contribution in [3.63, 3.8) is 0 Å². The number of nitrogens with zero attached hydrogens (tertiary/aromatic N) is 2. The van der Waals surface area contributed by atoms with Crippen LogP contribution in [0.4, 0.5) is 0 Å². The molecule has 4 rings (SSSR count). The zero-order chi connectivity index (χ0) is 23.4. The molecule has 1 amide bonds. The van der Waals surface area contributed by atoms with Gasteiger partial charge in [-0.3, -0.25) is 14.5 Å². The molecule has 2 aliphatic rings. The molecule has 0 bridgehead atoms. The van der Waals surface area contributed by atoms with E-state index in [0.717, 1.165) is 19.6 Å². The first-order valence-corrected chi connectivity index (χ1v) is 11.4. The Kier molecular flexibility index (Phi) is 7.33. The Morgan fingerprint density at radius 3 is 2.48 bits per heavy atom. The molecule has 0 saturated carbocycles. The number of morpholine rings is 1. The van der Waals surface area contributed by atoms with Crippen LogP contribution in [-0.2, 0) is 14.3 Å². The predicted octanol–water partition coefficient (Wildman–Crippen LogP) is 3.49. The molecule has 7 nitrogen and oxygen atoms in total. The topological polar surface area (TPSA) is 79.3 Å². The molecule has 8 heteroatoms. The summed E-state index contributed by atoms with van der Waals surface area (Å²) >= 11 is 5.98. The lowest BCUT2D eigenvalue weighted by Gasteiger charge is -2.29. The minimum absolute atomic E-state index is 0.0539. The number of rotatable bonds is 7. The summed E-state index contributed by atoms with van der Waals surface area (Å²) in [4.78, 5) is 30.1. The van der Waals surface area contributed by atoms with E-state index in [2.05, 4.69) is 4.90 Å². The summed E-state index contributed by atoms with van der Waals surface area (Å²) in [5.41, 5.74) is 1.13. The first-order valence-electron chi connectivity index (χ1n) is 11.0. The highest BCUT2D eigenvalue weighted by Gasteiger charge is 2.46. The minimum atomic E-state index is -0.749. The van der Waals surface area contributed by atoms with Gasteiger partial charge in [0.15, 0.2) is 0 Å². The number of carbonyl (C=O) groups excluding carboxylic acids is 2. The molecule has 0 aromatic heterocycles. The molecular weight excluding hydrogens is 444 g/mol. The largest absolute Gasteiger partial charge is 0.507 e. The Balaban J connectivity index is 1.70. The van der Waals surface area contributed by atoms with Crippen molar-refractivity contribution in [1.82, 2.24) is 9.80 Å². The molecule has 0 unspecified atom stereocenters. The second-order valence-electron chi connectivity index (χ2n) is 8.05. The van der Waals surface area contributed by atoms with Crippen LogP contribution in [0.25, 0.3) is 5.76 Å². The number of benzene rings is 2. The Bertz CT molecular complexity index is 1050. The predicted molar refractivity (Wildman–Crippen MR) is 125 cm³/mol. The Labute approximate surface area is 198 Å². The van der Waals surface area contributed by atoms with E-state index >= 15 is 0 Å². The van der Waals surface area contributed by atoms with Crippen LogP contribution < -0.4 is 4.74 Å². The van der Waals surface area contributed by atoms with Crippen LogP contribution in [0.2, 0.25) is 5.02 Å². The van der Waals surface area contributed by atoms with E-state index in [4.69, 9.17) is 21.1 Å². The lowest BCUT2D eigenvalue weighted by molar-refractivity contribution is -0.140. The summed E-state index contributed by atoms with van der Waals surface area (Å²) in [7, 11) is 1.54. The smallest absolute Gasteiger partial charge is 0.295 e. The molecule has 33 heavy (non-hydrogen) atoms.